The lowest BCUT2D eigenvalue weighted by Crippen LogP contribution is -2.43. The van der Waals surface area contributed by atoms with E-state index >= 15 is 0 Å². The van der Waals surface area contributed by atoms with Gasteiger partial charge in [0.15, 0.2) is 6.10 Å². The van der Waals surface area contributed by atoms with E-state index in [0.29, 0.717) is 0 Å². The van der Waals surface area contributed by atoms with Crippen molar-refractivity contribution in [1.82, 2.24) is 11.3 Å². The van der Waals surface area contributed by atoms with E-state index in [1.165, 1.54) is 17.4 Å². The van der Waals surface area contributed by atoms with Crippen LogP contribution in [0.4, 0.5) is 13.2 Å². The first-order chi connectivity index (χ1) is 14.4. The van der Waals surface area contributed by atoms with Crippen molar-refractivity contribution in [2.24, 2.45) is 0 Å². The molecule has 1 aromatic carbocycles. The summed E-state index contributed by atoms with van der Waals surface area (Å²) in [4.78, 5) is 21.2. The van der Waals surface area contributed by atoms with Gasteiger partial charge in [0.05, 0.1) is 11.1 Å². The molecule has 1 heterocycles. The molecule has 1 aromatic rings. The summed E-state index contributed by atoms with van der Waals surface area (Å²) in [6.45, 7) is -1.19. The number of carbonyl (C=O) groups excluding carboxylic acids is 1. The highest BCUT2D eigenvalue weighted by Crippen LogP contribution is 2.43. The monoisotopic (exact) mass is 520 g/mol. The van der Waals surface area contributed by atoms with Gasteiger partial charge < -0.3 is 24.8 Å². The molecule has 0 saturated heterocycles. The van der Waals surface area contributed by atoms with Gasteiger partial charge in [0.25, 0.3) is 0 Å². The maximum absolute atomic E-state index is 13.6. The van der Waals surface area contributed by atoms with Gasteiger partial charge in [-0.05, 0) is 18.2 Å². The number of alkyl halides is 3. The van der Waals surface area contributed by atoms with Crippen molar-refractivity contribution < 1.29 is 62.8 Å². The summed E-state index contributed by atoms with van der Waals surface area (Å²) in [5.74, 6) is -5.79. The average Bonchev–Trinajstić information content (AvgIpc) is 2.66. The number of ether oxygens (including phenoxy) is 2. The van der Waals surface area contributed by atoms with Crippen LogP contribution in [-0.2, 0) is 25.2 Å². The number of benzene rings is 1. The number of hydrogen-bond acceptors (Lipinski definition) is 12. The Morgan fingerprint density at radius 2 is 1.74 bits per heavy atom. The Labute approximate surface area is 179 Å². The van der Waals surface area contributed by atoms with E-state index in [9.17, 15) is 33.3 Å². The normalized spacial score (nSPS) is 16.6. The van der Waals surface area contributed by atoms with Crippen molar-refractivity contribution in [2.45, 2.75) is 24.4 Å². The summed E-state index contributed by atoms with van der Waals surface area (Å²) in [5.41, 5.74) is 0.504. The van der Waals surface area contributed by atoms with E-state index in [2.05, 4.69) is 25.6 Å². The maximum Gasteiger partial charge on any atom is 0.430 e. The predicted molar refractivity (Wildman–Crippen MR) is 92.6 cm³/mol. The van der Waals surface area contributed by atoms with Gasteiger partial charge >= 0.3 is 18.1 Å². The highest BCUT2D eigenvalue weighted by Gasteiger charge is 2.50. The van der Waals surface area contributed by atoms with Crippen LogP contribution in [0.1, 0.15) is 11.1 Å². The molecule has 1 aliphatic heterocycles. The minimum Gasteiger partial charge on any atom is -0.475 e. The smallest absolute Gasteiger partial charge is 0.430 e. The zero-order valence-electron chi connectivity index (χ0n) is 15.1. The molecule has 16 heteroatoms. The van der Waals surface area contributed by atoms with E-state index < -0.39 is 60.4 Å². The molecule has 0 saturated carbocycles. The number of hydrogen-bond donors (Lipinski definition) is 7. The van der Waals surface area contributed by atoms with Crippen molar-refractivity contribution >= 4 is 28.0 Å². The molecule has 0 bridgehead atoms. The molecule has 1 aliphatic rings. The Balaban J connectivity index is 2.46. The molecular weight excluding hydrogens is 505 g/mol. The molecule has 174 valence electrons. The molecule has 2 rings (SSSR count). The van der Waals surface area contributed by atoms with Crippen LogP contribution >= 0.6 is 15.9 Å². The van der Waals surface area contributed by atoms with Crippen LogP contribution < -0.4 is 16.0 Å². The number of nitrogens with one attached hydrogen (secondary N) is 2. The van der Waals surface area contributed by atoms with Crippen LogP contribution in [0.2, 0.25) is 0 Å². The minimum absolute atomic E-state index is 0.114. The van der Waals surface area contributed by atoms with Crippen molar-refractivity contribution in [1.29, 1.82) is 0 Å². The number of halogens is 4. The van der Waals surface area contributed by atoms with Gasteiger partial charge in [-0.15, -0.1) is 0 Å². The Morgan fingerprint density at radius 1 is 1.16 bits per heavy atom. The van der Waals surface area contributed by atoms with Gasteiger partial charge in [0.2, 0.25) is 6.10 Å². The number of fused-ring (bicyclic) bond motifs is 1. The summed E-state index contributed by atoms with van der Waals surface area (Å²) < 4.78 is 50.6. The van der Waals surface area contributed by atoms with Gasteiger partial charge in [-0.25, -0.2) is 4.79 Å². The van der Waals surface area contributed by atoms with E-state index in [0.717, 1.165) is 12.1 Å². The SMILES string of the molecule is O=C(OC(CONO)CONO)C1=Cc2cc(Br)cc(C(O)(O)O)c2OC1C(F)(F)F. The lowest BCUT2D eigenvalue weighted by atomic mass is 9.98. The molecule has 0 amide bonds. The Kier molecular flexibility index (Phi) is 8.34. The Hall–Kier alpha value is -1.86. The molecular formula is C15H16BrF3N2O10. The highest BCUT2D eigenvalue weighted by molar-refractivity contribution is 9.10. The molecule has 1 atom stereocenters. The van der Waals surface area contributed by atoms with E-state index in [-0.39, 0.29) is 10.0 Å². The largest absolute Gasteiger partial charge is 0.475 e. The van der Waals surface area contributed by atoms with E-state index in [1.807, 2.05) is 0 Å². The predicted octanol–water partition coefficient (Wildman–Crippen LogP) is -0.0244. The van der Waals surface area contributed by atoms with Crippen LogP contribution in [0, 0.1) is 0 Å². The third kappa shape index (κ3) is 6.56. The minimum atomic E-state index is -5.16. The Bertz CT molecular complexity index is 822. The van der Waals surface area contributed by atoms with Gasteiger partial charge in [0, 0.05) is 10.0 Å². The first-order valence-corrected chi connectivity index (χ1v) is 8.86. The standard InChI is InChI=1S/C15H16BrF3N2O10/c16-7-1-6-2-9(13(22)30-8(4-28-20-26)5-29-21-27)12(14(17,18)19)31-11(6)10(3-7)15(23,24)25/h1-3,8,12,20-21,23-27H,4-5H2. The number of carbonyl (C=O) groups is 1. The molecule has 0 radical (unpaired) electrons. The van der Waals surface area contributed by atoms with Gasteiger partial charge in [-0.2, -0.15) is 13.2 Å². The molecule has 0 fully saturated rings. The van der Waals surface area contributed by atoms with Crippen molar-refractivity contribution in [2.75, 3.05) is 13.2 Å². The molecule has 31 heavy (non-hydrogen) atoms. The Morgan fingerprint density at radius 3 is 2.23 bits per heavy atom. The van der Waals surface area contributed by atoms with E-state index in [1.54, 1.807) is 0 Å². The quantitative estimate of drug-likeness (QED) is 0.131. The summed E-state index contributed by atoms with van der Waals surface area (Å²) in [7, 11) is 0. The summed E-state index contributed by atoms with van der Waals surface area (Å²) in [6, 6.07) is 2.11. The van der Waals surface area contributed by atoms with Crippen LogP contribution in [0.15, 0.2) is 22.2 Å². The van der Waals surface area contributed by atoms with Crippen LogP contribution in [0.25, 0.3) is 6.08 Å². The number of rotatable bonds is 9. The zero-order valence-corrected chi connectivity index (χ0v) is 16.7. The zero-order chi connectivity index (χ0) is 23.4. The van der Waals surface area contributed by atoms with Gasteiger partial charge in [-0.3, -0.25) is 20.1 Å². The second-order valence-electron chi connectivity index (χ2n) is 5.98. The highest BCUT2D eigenvalue weighted by atomic mass is 79.9. The molecule has 12 nitrogen and oxygen atoms in total. The summed E-state index contributed by atoms with van der Waals surface area (Å²) in [5, 5.41) is 45.2. The maximum atomic E-state index is 13.6. The van der Waals surface area contributed by atoms with Gasteiger partial charge in [-0.1, -0.05) is 27.2 Å². The molecule has 0 aromatic heterocycles. The van der Waals surface area contributed by atoms with Crippen LogP contribution in [-0.4, -0.2) is 63.3 Å². The second-order valence-corrected chi connectivity index (χ2v) is 6.89. The molecule has 0 spiro atoms. The topological polar surface area (TPSA) is 179 Å². The molecule has 0 aliphatic carbocycles. The van der Waals surface area contributed by atoms with Crippen molar-refractivity contribution in [3.63, 3.8) is 0 Å². The summed E-state index contributed by atoms with van der Waals surface area (Å²) >= 11 is 2.99. The van der Waals surface area contributed by atoms with Crippen molar-refractivity contribution in [3.05, 3.63) is 33.3 Å². The molecule has 7 N–H and O–H groups in total. The summed E-state index contributed by atoms with van der Waals surface area (Å²) in [6.07, 6.45) is -8.73. The third-order valence-electron chi connectivity index (χ3n) is 3.75. The number of aliphatic hydroxyl groups is 3. The van der Waals surface area contributed by atoms with E-state index in [4.69, 9.17) is 19.9 Å². The molecule has 1 unspecified atom stereocenters. The third-order valence-corrected chi connectivity index (χ3v) is 4.21. The van der Waals surface area contributed by atoms with Crippen LogP contribution in [0.3, 0.4) is 0 Å². The second kappa shape index (κ2) is 10.2. The average molecular weight is 521 g/mol. The van der Waals surface area contributed by atoms with Gasteiger partial charge in [0.1, 0.15) is 19.0 Å². The first kappa shape index (κ1) is 25.4. The number of esters is 1. The lowest BCUT2D eigenvalue weighted by molar-refractivity contribution is -0.324. The fourth-order valence-corrected chi connectivity index (χ4v) is 3.01. The first-order valence-electron chi connectivity index (χ1n) is 8.07. The van der Waals surface area contributed by atoms with Crippen molar-refractivity contribution in [3.8, 4) is 5.75 Å². The fraction of sp³-hybridized carbons (Fsp3) is 0.400. The van der Waals surface area contributed by atoms with Crippen LogP contribution in [0.5, 0.6) is 5.75 Å². The fourth-order valence-electron chi connectivity index (χ4n) is 2.53. The lowest BCUT2D eigenvalue weighted by Gasteiger charge is -2.31.